The normalized spacial score (nSPS) is 11.9. The van der Waals surface area contributed by atoms with Gasteiger partial charge in [-0.2, -0.15) is 0 Å². The lowest BCUT2D eigenvalue weighted by atomic mass is 10.2. The molecule has 0 saturated carbocycles. The van der Waals surface area contributed by atoms with Gasteiger partial charge in [0.1, 0.15) is 5.75 Å². The average molecular weight is 445 g/mol. The molecule has 158 valence electrons. The van der Waals surface area contributed by atoms with Gasteiger partial charge >= 0.3 is 0 Å². The Hall–Kier alpha value is -2.51. The molecule has 1 heterocycles. The number of rotatable bonds is 9. The van der Waals surface area contributed by atoms with Gasteiger partial charge in [0.15, 0.2) is 17.1 Å². The fourth-order valence-electron chi connectivity index (χ4n) is 2.85. The van der Waals surface area contributed by atoms with Crippen LogP contribution >= 0.6 is 23.4 Å². The number of nitrogens with zero attached hydrogens (tertiary/aromatic N) is 3. The quantitative estimate of drug-likeness (QED) is 0.489. The lowest BCUT2D eigenvalue weighted by Crippen LogP contribution is -2.24. The van der Waals surface area contributed by atoms with E-state index in [9.17, 15) is 4.79 Å². The Morgan fingerprint density at radius 3 is 2.47 bits per heavy atom. The van der Waals surface area contributed by atoms with Crippen LogP contribution in [-0.4, -0.2) is 26.4 Å². The number of thioether (sulfide) groups is 1. The summed E-state index contributed by atoms with van der Waals surface area (Å²) in [6.07, 6.45) is 0.732. The highest BCUT2D eigenvalue weighted by molar-refractivity contribution is 7.99. The van der Waals surface area contributed by atoms with Gasteiger partial charge in [-0.15, -0.1) is 10.2 Å². The van der Waals surface area contributed by atoms with Crippen molar-refractivity contribution in [2.24, 2.45) is 7.05 Å². The number of benzene rings is 2. The highest BCUT2D eigenvalue weighted by Gasteiger charge is 2.18. The van der Waals surface area contributed by atoms with Gasteiger partial charge in [0.05, 0.1) is 5.75 Å². The minimum atomic E-state index is -0.261. The first-order valence-corrected chi connectivity index (χ1v) is 11.1. The summed E-state index contributed by atoms with van der Waals surface area (Å²) in [6.45, 7) is 4.52. The molecule has 2 aromatic carbocycles. The zero-order chi connectivity index (χ0) is 21.5. The Labute approximate surface area is 186 Å². The second-order valence-corrected chi connectivity index (χ2v) is 8.23. The lowest BCUT2D eigenvalue weighted by molar-refractivity contribution is -0.118. The fraction of sp³-hybridized carbons (Fsp3) is 0.318. The van der Waals surface area contributed by atoms with E-state index in [0.717, 1.165) is 17.7 Å². The van der Waals surface area contributed by atoms with Gasteiger partial charge in [-0.25, -0.2) is 0 Å². The molecule has 1 atom stereocenters. The van der Waals surface area contributed by atoms with Crippen molar-refractivity contribution in [1.82, 2.24) is 20.1 Å². The van der Waals surface area contributed by atoms with Crippen LogP contribution < -0.4 is 10.1 Å². The Balaban J connectivity index is 1.51. The number of ether oxygens (including phenoxy) is 1. The molecule has 0 aliphatic heterocycles. The van der Waals surface area contributed by atoms with Crippen LogP contribution in [0.3, 0.4) is 0 Å². The van der Waals surface area contributed by atoms with E-state index in [2.05, 4.69) is 34.6 Å². The summed E-state index contributed by atoms with van der Waals surface area (Å²) in [4.78, 5) is 12.2. The largest absolute Gasteiger partial charge is 0.483 e. The minimum Gasteiger partial charge on any atom is -0.483 e. The number of hydrogen-bond donors (Lipinski definition) is 1. The van der Waals surface area contributed by atoms with E-state index in [1.54, 1.807) is 12.1 Å². The first-order valence-electron chi connectivity index (χ1n) is 9.75. The topological polar surface area (TPSA) is 69.0 Å². The molecule has 1 aromatic heterocycles. The van der Waals surface area contributed by atoms with Crippen LogP contribution in [0, 0.1) is 0 Å². The Kier molecular flexibility index (Phi) is 7.76. The fourth-order valence-corrected chi connectivity index (χ4v) is 3.72. The summed E-state index contributed by atoms with van der Waals surface area (Å²) in [7, 11) is 1.88. The molecular weight excluding hydrogens is 420 g/mol. The first-order chi connectivity index (χ1) is 14.5. The van der Waals surface area contributed by atoms with Crippen molar-refractivity contribution in [3.63, 3.8) is 0 Å². The van der Waals surface area contributed by atoms with Gasteiger partial charge < -0.3 is 14.6 Å². The number of halogens is 1. The van der Waals surface area contributed by atoms with E-state index in [4.69, 9.17) is 16.3 Å². The molecule has 1 unspecified atom stereocenters. The van der Waals surface area contributed by atoms with Crippen LogP contribution in [0.25, 0.3) is 0 Å². The number of aromatic nitrogens is 3. The minimum absolute atomic E-state index is 0.0696. The first kappa shape index (κ1) is 22.2. The van der Waals surface area contributed by atoms with Crippen LogP contribution in [0.1, 0.15) is 36.9 Å². The van der Waals surface area contributed by atoms with Crippen LogP contribution in [0.15, 0.2) is 53.7 Å². The van der Waals surface area contributed by atoms with Crippen molar-refractivity contribution in [1.29, 1.82) is 0 Å². The summed E-state index contributed by atoms with van der Waals surface area (Å²) < 4.78 is 7.86. The van der Waals surface area contributed by atoms with Gasteiger partial charge in [0, 0.05) is 18.6 Å². The van der Waals surface area contributed by atoms with Crippen molar-refractivity contribution < 1.29 is 9.53 Å². The number of carbonyl (C=O) groups is 1. The average Bonchev–Trinajstić information content (AvgIpc) is 3.13. The Morgan fingerprint density at radius 1 is 1.13 bits per heavy atom. The maximum absolute atomic E-state index is 12.2. The molecule has 8 heteroatoms. The molecule has 0 radical (unpaired) electrons. The van der Waals surface area contributed by atoms with Gasteiger partial charge in [-0.05, 0) is 48.7 Å². The molecule has 0 saturated heterocycles. The smallest absolute Gasteiger partial charge is 0.230 e. The van der Waals surface area contributed by atoms with E-state index in [-0.39, 0.29) is 17.8 Å². The molecule has 1 amide bonds. The summed E-state index contributed by atoms with van der Waals surface area (Å²) >= 11 is 7.22. The second-order valence-electron chi connectivity index (χ2n) is 6.85. The summed E-state index contributed by atoms with van der Waals surface area (Å²) in [5, 5.41) is 12.7. The monoisotopic (exact) mass is 444 g/mol. The number of hydrogen-bond acceptors (Lipinski definition) is 5. The predicted octanol–water partition coefficient (Wildman–Crippen LogP) is 4.58. The number of aryl methyl sites for hydroxylation is 1. The third-order valence-electron chi connectivity index (χ3n) is 4.61. The van der Waals surface area contributed by atoms with Crippen molar-refractivity contribution in [3.05, 3.63) is 70.5 Å². The summed E-state index contributed by atoms with van der Waals surface area (Å²) in [6, 6.07) is 15.4. The van der Waals surface area contributed by atoms with E-state index < -0.39 is 0 Å². The SMILES string of the molecule is CCc1ccc(OC(C)c2nnc(SCC(=O)NCc3ccc(Cl)cc3)n2C)cc1. The van der Waals surface area contributed by atoms with Gasteiger partial charge in [0.2, 0.25) is 5.91 Å². The zero-order valence-corrected chi connectivity index (χ0v) is 18.8. The number of amides is 1. The van der Waals surface area contributed by atoms with Gasteiger partial charge in [-0.1, -0.05) is 54.6 Å². The van der Waals surface area contributed by atoms with Crippen LogP contribution in [0.4, 0.5) is 0 Å². The van der Waals surface area contributed by atoms with Crippen LogP contribution in [-0.2, 0) is 24.8 Å². The molecule has 1 N–H and O–H groups in total. The maximum atomic E-state index is 12.2. The van der Waals surface area contributed by atoms with E-state index in [1.165, 1.54) is 17.3 Å². The Bertz CT molecular complexity index is 974. The molecule has 30 heavy (non-hydrogen) atoms. The lowest BCUT2D eigenvalue weighted by Gasteiger charge is -2.14. The van der Waals surface area contributed by atoms with E-state index in [1.807, 2.05) is 42.8 Å². The van der Waals surface area contributed by atoms with Gasteiger partial charge in [-0.3, -0.25) is 4.79 Å². The maximum Gasteiger partial charge on any atom is 0.230 e. The molecule has 0 fully saturated rings. The Morgan fingerprint density at radius 2 is 1.80 bits per heavy atom. The van der Waals surface area contributed by atoms with Crippen molar-refractivity contribution in [2.75, 3.05) is 5.75 Å². The third-order valence-corrected chi connectivity index (χ3v) is 5.88. The molecule has 0 spiro atoms. The van der Waals surface area contributed by atoms with E-state index in [0.29, 0.717) is 22.5 Å². The van der Waals surface area contributed by atoms with Crippen molar-refractivity contribution >= 4 is 29.3 Å². The molecule has 0 aliphatic carbocycles. The second kappa shape index (κ2) is 10.5. The molecule has 0 aliphatic rings. The number of nitrogens with one attached hydrogen (secondary N) is 1. The third kappa shape index (κ3) is 6.00. The number of carbonyl (C=O) groups excluding carboxylic acids is 1. The van der Waals surface area contributed by atoms with Gasteiger partial charge in [0.25, 0.3) is 0 Å². The molecular formula is C22H25ClN4O2S. The van der Waals surface area contributed by atoms with Crippen molar-refractivity contribution in [3.8, 4) is 5.75 Å². The van der Waals surface area contributed by atoms with E-state index >= 15 is 0 Å². The zero-order valence-electron chi connectivity index (χ0n) is 17.3. The highest BCUT2D eigenvalue weighted by Crippen LogP contribution is 2.24. The summed E-state index contributed by atoms with van der Waals surface area (Å²) in [5.41, 5.74) is 2.26. The van der Waals surface area contributed by atoms with Crippen molar-refractivity contribution in [2.45, 2.75) is 38.1 Å². The van der Waals surface area contributed by atoms with Crippen LogP contribution in [0.2, 0.25) is 5.02 Å². The molecule has 3 aromatic rings. The highest BCUT2D eigenvalue weighted by atomic mass is 35.5. The predicted molar refractivity (Wildman–Crippen MR) is 120 cm³/mol. The molecule has 0 bridgehead atoms. The standard InChI is InChI=1S/C22H25ClN4O2S/c1-4-16-7-11-19(12-8-16)29-15(2)21-25-26-22(27(21)3)30-14-20(28)24-13-17-5-9-18(23)10-6-17/h5-12,15H,4,13-14H2,1-3H3,(H,24,28). The molecule has 6 nitrogen and oxygen atoms in total. The summed E-state index contributed by atoms with van der Waals surface area (Å²) in [5.74, 6) is 1.68. The van der Waals surface area contributed by atoms with Crippen LogP contribution in [0.5, 0.6) is 5.75 Å². The molecule has 3 rings (SSSR count).